The molecule has 1 aliphatic rings. The fraction of sp³-hybridized carbons (Fsp3) is 0.455. The first-order valence-corrected chi connectivity index (χ1v) is 4.67. The molecule has 0 unspecified atom stereocenters. The molecule has 0 atom stereocenters. The van der Waals surface area contributed by atoms with Crippen LogP contribution in [0.15, 0.2) is 11.0 Å². The third-order valence-electron chi connectivity index (χ3n) is 2.43. The summed E-state index contributed by atoms with van der Waals surface area (Å²) >= 11 is 0. The summed E-state index contributed by atoms with van der Waals surface area (Å²) < 4.78 is 5.41. The van der Waals surface area contributed by atoms with E-state index >= 15 is 0 Å². The van der Waals surface area contributed by atoms with Crippen molar-refractivity contribution in [2.45, 2.75) is 26.7 Å². The zero-order valence-electron chi connectivity index (χ0n) is 8.46. The molecule has 0 saturated carbocycles. The monoisotopic (exact) mass is 191 g/mol. The highest BCUT2D eigenvalue weighted by atomic mass is 16.4. The molecule has 0 spiro atoms. The lowest BCUT2D eigenvalue weighted by molar-refractivity contribution is 0.0899. The number of rotatable bonds is 1. The first-order chi connectivity index (χ1) is 6.52. The fourth-order valence-electron chi connectivity index (χ4n) is 1.81. The first-order valence-electron chi connectivity index (χ1n) is 4.67. The normalized spacial score (nSPS) is 19.1. The summed E-state index contributed by atoms with van der Waals surface area (Å²) in [5, 5.41) is 0. The second-order valence-electron chi connectivity index (χ2n) is 4.47. The molecule has 0 saturated heterocycles. The van der Waals surface area contributed by atoms with E-state index in [1.807, 2.05) is 0 Å². The van der Waals surface area contributed by atoms with Crippen molar-refractivity contribution in [3.63, 3.8) is 0 Å². The third-order valence-corrected chi connectivity index (χ3v) is 2.43. The van der Waals surface area contributed by atoms with Crippen molar-refractivity contribution in [3.8, 4) is 0 Å². The summed E-state index contributed by atoms with van der Waals surface area (Å²) in [5.41, 5.74) is 0.487. The Balaban J connectivity index is 2.48. The van der Waals surface area contributed by atoms with E-state index < -0.39 is 0 Å². The molecule has 0 aliphatic heterocycles. The summed E-state index contributed by atoms with van der Waals surface area (Å²) in [4.78, 5) is 15.8. The van der Waals surface area contributed by atoms with Crippen LogP contribution in [0.2, 0.25) is 0 Å². The van der Waals surface area contributed by atoms with Crippen LogP contribution in [-0.2, 0) is 6.42 Å². The number of fused-ring (bicyclic) bond motifs is 1. The Kier molecular flexibility index (Phi) is 1.84. The number of carbonyl (C=O) groups excluding carboxylic acids is 1. The minimum Gasteiger partial charge on any atom is -0.441 e. The van der Waals surface area contributed by atoms with E-state index in [-0.39, 0.29) is 11.2 Å². The molecule has 0 N–H and O–H groups in total. The number of aromatic nitrogens is 1. The maximum absolute atomic E-state index is 11.7. The summed E-state index contributed by atoms with van der Waals surface area (Å²) in [6, 6.07) is 0. The standard InChI is InChI=1S/C11H13NO2/c1-4-9-12-10-7(13)5-11(2,3)6-8(10)14-9/h4H,1,5-6H2,2-3H3. The Morgan fingerprint density at radius 3 is 2.86 bits per heavy atom. The summed E-state index contributed by atoms with van der Waals surface area (Å²) in [6.45, 7) is 7.69. The largest absolute Gasteiger partial charge is 0.441 e. The third kappa shape index (κ3) is 1.39. The molecule has 2 rings (SSSR count). The SMILES string of the molecule is C=Cc1nc2c(o1)CC(C)(C)CC2=O. The molecule has 0 aromatic carbocycles. The van der Waals surface area contributed by atoms with Crippen LogP contribution in [0.3, 0.4) is 0 Å². The summed E-state index contributed by atoms with van der Waals surface area (Å²) in [7, 11) is 0. The lowest BCUT2D eigenvalue weighted by Crippen LogP contribution is -2.26. The van der Waals surface area contributed by atoms with E-state index in [0.29, 0.717) is 23.8 Å². The molecule has 1 aromatic heterocycles. The second kappa shape index (κ2) is 2.80. The van der Waals surface area contributed by atoms with Gasteiger partial charge >= 0.3 is 0 Å². The Morgan fingerprint density at radius 2 is 2.21 bits per heavy atom. The van der Waals surface area contributed by atoms with Crippen LogP contribution in [0.25, 0.3) is 6.08 Å². The van der Waals surface area contributed by atoms with Gasteiger partial charge < -0.3 is 4.42 Å². The van der Waals surface area contributed by atoms with Gasteiger partial charge in [-0.15, -0.1) is 0 Å². The summed E-state index contributed by atoms with van der Waals surface area (Å²) in [5.74, 6) is 1.23. The highest BCUT2D eigenvalue weighted by Gasteiger charge is 2.34. The highest BCUT2D eigenvalue weighted by Crippen LogP contribution is 2.34. The van der Waals surface area contributed by atoms with Gasteiger partial charge in [-0.2, -0.15) is 0 Å². The minimum absolute atomic E-state index is 0.0118. The Bertz CT molecular complexity index is 401. The van der Waals surface area contributed by atoms with Gasteiger partial charge in [0.2, 0.25) is 5.89 Å². The molecule has 0 fully saturated rings. The number of hydrogen-bond acceptors (Lipinski definition) is 3. The van der Waals surface area contributed by atoms with Crippen LogP contribution in [0.1, 0.15) is 42.4 Å². The number of nitrogens with zero attached hydrogens (tertiary/aromatic N) is 1. The number of Topliss-reactive ketones (excluding diaryl/α,β-unsaturated/α-hetero) is 1. The van der Waals surface area contributed by atoms with E-state index in [2.05, 4.69) is 25.4 Å². The van der Waals surface area contributed by atoms with Crippen molar-refractivity contribution in [2.24, 2.45) is 5.41 Å². The van der Waals surface area contributed by atoms with Crippen LogP contribution in [0.5, 0.6) is 0 Å². The van der Waals surface area contributed by atoms with E-state index in [1.165, 1.54) is 6.08 Å². The van der Waals surface area contributed by atoms with Gasteiger partial charge in [0.1, 0.15) is 11.5 Å². The van der Waals surface area contributed by atoms with Gasteiger partial charge in [0, 0.05) is 12.8 Å². The second-order valence-corrected chi connectivity index (χ2v) is 4.47. The summed E-state index contributed by atoms with van der Waals surface area (Å²) in [6.07, 6.45) is 2.84. The molecular formula is C11H13NO2. The molecule has 0 amide bonds. The van der Waals surface area contributed by atoms with Gasteiger partial charge in [0.15, 0.2) is 5.78 Å². The van der Waals surface area contributed by atoms with Gasteiger partial charge in [-0.1, -0.05) is 20.4 Å². The van der Waals surface area contributed by atoms with Crippen molar-refractivity contribution in [2.75, 3.05) is 0 Å². The van der Waals surface area contributed by atoms with Crippen LogP contribution in [0, 0.1) is 5.41 Å². The van der Waals surface area contributed by atoms with Gasteiger partial charge in [0.05, 0.1) is 0 Å². The van der Waals surface area contributed by atoms with Gasteiger partial charge in [-0.05, 0) is 11.5 Å². The number of ketones is 1. The first kappa shape index (κ1) is 9.19. The lowest BCUT2D eigenvalue weighted by atomic mass is 9.78. The lowest BCUT2D eigenvalue weighted by Gasteiger charge is -2.25. The number of hydrogen-bond donors (Lipinski definition) is 0. The van der Waals surface area contributed by atoms with Crippen molar-refractivity contribution in [3.05, 3.63) is 23.9 Å². The average Bonchev–Trinajstić information content (AvgIpc) is 2.45. The van der Waals surface area contributed by atoms with Gasteiger partial charge in [0.25, 0.3) is 0 Å². The Morgan fingerprint density at radius 1 is 1.50 bits per heavy atom. The van der Waals surface area contributed by atoms with Gasteiger partial charge in [-0.3, -0.25) is 4.79 Å². The molecule has 1 aromatic rings. The molecule has 74 valence electrons. The highest BCUT2D eigenvalue weighted by molar-refractivity contribution is 5.96. The van der Waals surface area contributed by atoms with Crippen LogP contribution in [-0.4, -0.2) is 10.8 Å². The number of oxazole rings is 1. The smallest absolute Gasteiger partial charge is 0.219 e. The topological polar surface area (TPSA) is 43.1 Å². The van der Waals surface area contributed by atoms with Crippen molar-refractivity contribution in [1.82, 2.24) is 4.98 Å². The van der Waals surface area contributed by atoms with E-state index in [9.17, 15) is 4.79 Å². The molecule has 0 radical (unpaired) electrons. The fourth-order valence-corrected chi connectivity index (χ4v) is 1.81. The molecule has 0 bridgehead atoms. The minimum atomic E-state index is -0.0118. The molecular weight excluding hydrogens is 178 g/mol. The average molecular weight is 191 g/mol. The molecule has 1 heterocycles. The van der Waals surface area contributed by atoms with E-state index in [0.717, 1.165) is 6.42 Å². The molecule has 14 heavy (non-hydrogen) atoms. The van der Waals surface area contributed by atoms with Crippen molar-refractivity contribution < 1.29 is 9.21 Å². The molecule has 3 heteroatoms. The molecule has 1 aliphatic carbocycles. The van der Waals surface area contributed by atoms with Gasteiger partial charge in [-0.25, -0.2) is 4.98 Å². The van der Waals surface area contributed by atoms with Crippen LogP contribution in [0.4, 0.5) is 0 Å². The maximum atomic E-state index is 11.7. The predicted molar refractivity (Wildman–Crippen MR) is 53.0 cm³/mol. The van der Waals surface area contributed by atoms with Crippen molar-refractivity contribution >= 4 is 11.9 Å². The zero-order valence-corrected chi connectivity index (χ0v) is 8.46. The van der Waals surface area contributed by atoms with E-state index in [4.69, 9.17) is 4.42 Å². The Labute approximate surface area is 82.8 Å². The van der Waals surface area contributed by atoms with Crippen LogP contribution >= 0.6 is 0 Å². The Hall–Kier alpha value is -1.38. The zero-order chi connectivity index (χ0) is 10.3. The van der Waals surface area contributed by atoms with Crippen molar-refractivity contribution in [1.29, 1.82) is 0 Å². The van der Waals surface area contributed by atoms with Crippen LogP contribution < -0.4 is 0 Å². The number of carbonyl (C=O) groups is 1. The van der Waals surface area contributed by atoms with E-state index in [1.54, 1.807) is 0 Å². The predicted octanol–water partition coefficient (Wildman–Crippen LogP) is 2.47. The molecule has 3 nitrogen and oxygen atoms in total. The quantitative estimate of drug-likeness (QED) is 0.684. The maximum Gasteiger partial charge on any atom is 0.219 e.